The Labute approximate surface area is 144 Å². The van der Waals surface area contributed by atoms with E-state index in [1.165, 1.54) is 0 Å². The van der Waals surface area contributed by atoms with Gasteiger partial charge in [-0.2, -0.15) is 0 Å². The SMILES string of the molecule is OOc1c(Cc2ccc3ccccc3c2OO)ccc2ccccc12. The molecule has 0 atom stereocenters. The van der Waals surface area contributed by atoms with Gasteiger partial charge in [-0.05, 0) is 10.8 Å². The quantitative estimate of drug-likeness (QED) is 0.394. The second-order valence-corrected chi connectivity index (χ2v) is 5.91. The Hall–Kier alpha value is -3.08. The smallest absolute Gasteiger partial charge is 0.176 e. The molecular formula is C21H16O4. The summed E-state index contributed by atoms with van der Waals surface area (Å²) in [6.45, 7) is 0. The molecule has 0 amide bonds. The van der Waals surface area contributed by atoms with Crippen LogP contribution in [0, 0.1) is 0 Å². The van der Waals surface area contributed by atoms with Crippen molar-refractivity contribution in [3.05, 3.63) is 83.9 Å². The molecule has 0 heterocycles. The molecule has 25 heavy (non-hydrogen) atoms. The summed E-state index contributed by atoms with van der Waals surface area (Å²) >= 11 is 0. The fourth-order valence-corrected chi connectivity index (χ4v) is 3.28. The molecule has 124 valence electrons. The fraction of sp³-hybridized carbons (Fsp3) is 0.0476. The molecule has 0 saturated heterocycles. The summed E-state index contributed by atoms with van der Waals surface area (Å²) < 4.78 is 0. The van der Waals surface area contributed by atoms with Crippen molar-refractivity contribution in [2.24, 2.45) is 0 Å². The molecule has 0 aliphatic heterocycles. The number of fused-ring (bicyclic) bond motifs is 2. The van der Waals surface area contributed by atoms with Gasteiger partial charge in [0.2, 0.25) is 0 Å². The van der Waals surface area contributed by atoms with Gasteiger partial charge in [-0.1, -0.05) is 72.8 Å². The van der Waals surface area contributed by atoms with Crippen LogP contribution in [0.5, 0.6) is 11.5 Å². The van der Waals surface area contributed by atoms with Crippen LogP contribution in [0.15, 0.2) is 72.8 Å². The fourth-order valence-electron chi connectivity index (χ4n) is 3.28. The van der Waals surface area contributed by atoms with Crippen LogP contribution in [-0.4, -0.2) is 10.5 Å². The van der Waals surface area contributed by atoms with Crippen LogP contribution in [0.1, 0.15) is 11.1 Å². The van der Waals surface area contributed by atoms with Gasteiger partial charge in [-0.3, -0.25) is 0 Å². The normalized spacial score (nSPS) is 11.0. The molecule has 0 radical (unpaired) electrons. The molecule has 4 heteroatoms. The van der Waals surface area contributed by atoms with Crippen LogP contribution in [0.4, 0.5) is 0 Å². The standard InChI is InChI=1S/C21H16O4/c22-24-20-16(11-9-14-5-1-3-7-18(14)20)13-17-12-10-15-6-2-4-8-19(15)21(17)25-23/h1-12,22-23H,13H2. The molecule has 4 nitrogen and oxygen atoms in total. The van der Waals surface area contributed by atoms with Crippen LogP contribution in [0.3, 0.4) is 0 Å². The van der Waals surface area contributed by atoms with Crippen molar-refractivity contribution < 1.29 is 20.3 Å². The first-order valence-electron chi connectivity index (χ1n) is 7.96. The summed E-state index contributed by atoms with van der Waals surface area (Å²) in [5, 5.41) is 22.4. The monoisotopic (exact) mass is 332 g/mol. The van der Waals surface area contributed by atoms with E-state index in [2.05, 4.69) is 9.78 Å². The molecule has 0 saturated carbocycles. The van der Waals surface area contributed by atoms with Crippen LogP contribution in [0.25, 0.3) is 21.5 Å². The molecule has 0 aliphatic carbocycles. The zero-order valence-corrected chi connectivity index (χ0v) is 13.3. The highest BCUT2D eigenvalue weighted by molar-refractivity contribution is 5.91. The van der Waals surface area contributed by atoms with E-state index < -0.39 is 0 Å². The average molecular weight is 332 g/mol. The highest BCUT2D eigenvalue weighted by Crippen LogP contribution is 2.35. The van der Waals surface area contributed by atoms with E-state index in [0.29, 0.717) is 17.9 Å². The van der Waals surface area contributed by atoms with Crippen molar-refractivity contribution in [1.82, 2.24) is 0 Å². The third kappa shape index (κ3) is 2.67. The minimum Gasteiger partial charge on any atom is -0.339 e. The van der Waals surface area contributed by atoms with Gasteiger partial charge in [0.25, 0.3) is 0 Å². The van der Waals surface area contributed by atoms with Crippen molar-refractivity contribution in [2.75, 3.05) is 0 Å². The lowest BCUT2D eigenvalue weighted by Crippen LogP contribution is -1.98. The largest absolute Gasteiger partial charge is 0.339 e. The van der Waals surface area contributed by atoms with Crippen molar-refractivity contribution in [3.63, 3.8) is 0 Å². The summed E-state index contributed by atoms with van der Waals surface area (Å²) in [5.74, 6) is 0.824. The Kier molecular flexibility index (Phi) is 3.98. The number of hydrogen-bond acceptors (Lipinski definition) is 4. The van der Waals surface area contributed by atoms with Crippen molar-refractivity contribution in [2.45, 2.75) is 6.42 Å². The van der Waals surface area contributed by atoms with Crippen LogP contribution >= 0.6 is 0 Å². The molecule has 0 unspecified atom stereocenters. The highest BCUT2D eigenvalue weighted by atomic mass is 17.1. The second-order valence-electron chi connectivity index (χ2n) is 5.91. The van der Waals surface area contributed by atoms with Crippen LogP contribution in [-0.2, 0) is 6.42 Å². The van der Waals surface area contributed by atoms with Gasteiger partial charge < -0.3 is 9.78 Å². The van der Waals surface area contributed by atoms with E-state index in [-0.39, 0.29) is 0 Å². The third-order valence-corrected chi connectivity index (χ3v) is 4.49. The zero-order valence-electron chi connectivity index (χ0n) is 13.3. The summed E-state index contributed by atoms with van der Waals surface area (Å²) in [6.07, 6.45) is 0.446. The van der Waals surface area contributed by atoms with E-state index in [1.807, 2.05) is 72.8 Å². The lowest BCUT2D eigenvalue weighted by Gasteiger charge is -2.13. The lowest BCUT2D eigenvalue weighted by atomic mass is 9.97. The summed E-state index contributed by atoms with van der Waals surface area (Å²) in [6, 6.07) is 23.1. The minimum absolute atomic E-state index is 0.412. The second kappa shape index (κ2) is 6.43. The van der Waals surface area contributed by atoms with Crippen molar-refractivity contribution >= 4 is 21.5 Å². The molecule has 4 rings (SSSR count). The summed E-state index contributed by atoms with van der Waals surface area (Å²) in [7, 11) is 0. The zero-order chi connectivity index (χ0) is 17.2. The van der Waals surface area contributed by atoms with E-state index in [4.69, 9.17) is 0 Å². The summed E-state index contributed by atoms with van der Waals surface area (Å²) in [4.78, 5) is 9.38. The Morgan fingerprint density at radius 2 is 1.00 bits per heavy atom. The van der Waals surface area contributed by atoms with Gasteiger partial charge in [-0.25, -0.2) is 10.5 Å². The van der Waals surface area contributed by atoms with Gasteiger partial charge in [0.1, 0.15) is 0 Å². The maximum absolute atomic E-state index is 9.41. The van der Waals surface area contributed by atoms with Gasteiger partial charge in [0.15, 0.2) is 11.5 Å². The van der Waals surface area contributed by atoms with Crippen molar-refractivity contribution in [1.29, 1.82) is 0 Å². The molecule has 0 spiro atoms. The molecule has 0 aliphatic rings. The van der Waals surface area contributed by atoms with E-state index in [9.17, 15) is 10.5 Å². The lowest BCUT2D eigenvalue weighted by molar-refractivity contribution is -0.137. The number of benzene rings is 4. The topological polar surface area (TPSA) is 58.9 Å². The predicted octanol–water partition coefficient (Wildman–Crippen LogP) is 5.29. The van der Waals surface area contributed by atoms with E-state index >= 15 is 0 Å². The third-order valence-electron chi connectivity index (χ3n) is 4.49. The number of hydrogen-bond donors (Lipinski definition) is 2. The van der Waals surface area contributed by atoms with Gasteiger partial charge in [0, 0.05) is 28.3 Å². The molecular weight excluding hydrogens is 316 g/mol. The molecule has 0 fully saturated rings. The van der Waals surface area contributed by atoms with Gasteiger partial charge in [0.05, 0.1) is 0 Å². The van der Waals surface area contributed by atoms with E-state index in [1.54, 1.807) is 0 Å². The van der Waals surface area contributed by atoms with E-state index in [0.717, 1.165) is 32.7 Å². The first-order chi connectivity index (χ1) is 12.3. The first kappa shape index (κ1) is 15.4. The van der Waals surface area contributed by atoms with Crippen LogP contribution < -0.4 is 9.78 Å². The maximum Gasteiger partial charge on any atom is 0.176 e. The average Bonchev–Trinajstić information content (AvgIpc) is 2.67. The molecule has 2 N–H and O–H groups in total. The Bertz CT molecular complexity index is 971. The minimum atomic E-state index is 0.412. The molecule has 0 aromatic heterocycles. The Morgan fingerprint density at radius 3 is 1.44 bits per heavy atom. The number of rotatable bonds is 4. The maximum atomic E-state index is 9.41. The predicted molar refractivity (Wildman–Crippen MR) is 97.2 cm³/mol. The first-order valence-corrected chi connectivity index (χ1v) is 7.96. The molecule has 4 aromatic rings. The Morgan fingerprint density at radius 1 is 0.560 bits per heavy atom. The molecule has 4 aromatic carbocycles. The summed E-state index contributed by atoms with van der Waals surface area (Å²) in [5.41, 5.74) is 1.60. The van der Waals surface area contributed by atoms with Gasteiger partial charge in [-0.15, -0.1) is 0 Å². The van der Waals surface area contributed by atoms with Crippen molar-refractivity contribution in [3.8, 4) is 11.5 Å². The Balaban J connectivity index is 1.85. The molecule has 0 bridgehead atoms. The van der Waals surface area contributed by atoms with Crippen LogP contribution in [0.2, 0.25) is 0 Å². The highest BCUT2D eigenvalue weighted by Gasteiger charge is 2.15. The van der Waals surface area contributed by atoms with Gasteiger partial charge >= 0.3 is 0 Å².